The van der Waals surface area contributed by atoms with Crippen LogP contribution in [0.4, 0.5) is 0 Å². The van der Waals surface area contributed by atoms with Crippen molar-refractivity contribution in [1.29, 1.82) is 0 Å². The number of carbonyl (C=O) groups is 1. The standard InChI is InChI=1S/C23H27N5O/c1-16-2-4-17(5-3-16)15-28-13-10-22(23(28)29)27-11-8-18(9-12-27)19-6-7-20-21(14-19)25-26-24-20/h2-7,14,18,22H,8-13,15H2,1H3,(H,24,25,26)/t22-/m1/s1. The van der Waals surface area contributed by atoms with E-state index >= 15 is 0 Å². The Balaban J connectivity index is 1.19. The molecule has 1 N–H and O–H groups in total. The molecule has 3 aromatic rings. The van der Waals surface area contributed by atoms with E-state index in [4.69, 9.17) is 0 Å². The Kier molecular flexibility index (Phi) is 4.79. The maximum atomic E-state index is 13.0. The predicted molar refractivity (Wildman–Crippen MR) is 112 cm³/mol. The number of aryl methyl sites for hydroxylation is 1. The molecule has 1 aromatic heterocycles. The number of hydrogen-bond donors (Lipinski definition) is 1. The number of carbonyl (C=O) groups excluding carboxylic acids is 1. The first-order chi connectivity index (χ1) is 14.2. The molecule has 1 atom stereocenters. The third-order valence-electron chi connectivity index (χ3n) is 6.55. The van der Waals surface area contributed by atoms with Crippen LogP contribution >= 0.6 is 0 Å². The molecule has 0 aliphatic carbocycles. The summed E-state index contributed by atoms with van der Waals surface area (Å²) in [6.07, 6.45) is 3.12. The molecule has 1 amide bonds. The number of likely N-dealkylation sites (tertiary alicyclic amines) is 2. The zero-order valence-electron chi connectivity index (χ0n) is 16.8. The van der Waals surface area contributed by atoms with Gasteiger partial charge in [0.05, 0.1) is 6.04 Å². The molecule has 5 rings (SSSR count). The lowest BCUT2D eigenvalue weighted by Crippen LogP contribution is -2.45. The van der Waals surface area contributed by atoms with E-state index < -0.39 is 0 Å². The third kappa shape index (κ3) is 3.65. The van der Waals surface area contributed by atoms with Crippen LogP contribution in [-0.4, -0.2) is 56.8 Å². The summed E-state index contributed by atoms with van der Waals surface area (Å²) in [5.41, 5.74) is 5.65. The first-order valence-electron chi connectivity index (χ1n) is 10.6. The molecule has 3 heterocycles. The molecule has 0 bridgehead atoms. The average Bonchev–Trinajstić information content (AvgIpc) is 3.36. The van der Waals surface area contributed by atoms with Gasteiger partial charge in [-0.2, -0.15) is 15.4 Å². The summed E-state index contributed by atoms with van der Waals surface area (Å²) >= 11 is 0. The fourth-order valence-electron chi connectivity index (χ4n) is 4.79. The molecule has 0 saturated carbocycles. The molecule has 2 saturated heterocycles. The molecule has 29 heavy (non-hydrogen) atoms. The minimum atomic E-state index is 0.0550. The van der Waals surface area contributed by atoms with Crippen molar-refractivity contribution in [3.8, 4) is 0 Å². The second-order valence-corrected chi connectivity index (χ2v) is 8.43. The predicted octanol–water partition coefficient (Wildman–Crippen LogP) is 3.25. The highest BCUT2D eigenvalue weighted by Gasteiger charge is 2.37. The van der Waals surface area contributed by atoms with Crippen molar-refractivity contribution in [2.75, 3.05) is 19.6 Å². The van der Waals surface area contributed by atoms with Gasteiger partial charge in [-0.1, -0.05) is 35.9 Å². The van der Waals surface area contributed by atoms with E-state index in [2.05, 4.69) is 63.6 Å². The van der Waals surface area contributed by atoms with E-state index in [1.54, 1.807) is 0 Å². The Morgan fingerprint density at radius 3 is 2.52 bits per heavy atom. The van der Waals surface area contributed by atoms with Crippen LogP contribution in [0.3, 0.4) is 0 Å². The summed E-state index contributed by atoms with van der Waals surface area (Å²) < 4.78 is 0. The summed E-state index contributed by atoms with van der Waals surface area (Å²) in [6, 6.07) is 14.9. The van der Waals surface area contributed by atoms with Gasteiger partial charge < -0.3 is 4.90 Å². The molecular weight excluding hydrogens is 362 g/mol. The highest BCUT2D eigenvalue weighted by molar-refractivity contribution is 5.84. The molecule has 0 radical (unpaired) electrons. The first kappa shape index (κ1) is 18.3. The van der Waals surface area contributed by atoms with Crippen LogP contribution in [0.5, 0.6) is 0 Å². The van der Waals surface area contributed by atoms with Gasteiger partial charge in [0.15, 0.2) is 0 Å². The molecule has 2 aliphatic heterocycles. The second-order valence-electron chi connectivity index (χ2n) is 8.43. The highest BCUT2D eigenvalue weighted by Crippen LogP contribution is 2.32. The van der Waals surface area contributed by atoms with Crippen molar-refractivity contribution in [2.24, 2.45) is 0 Å². The molecule has 6 heteroatoms. The van der Waals surface area contributed by atoms with Crippen molar-refractivity contribution < 1.29 is 4.79 Å². The smallest absolute Gasteiger partial charge is 0.240 e. The number of nitrogens with zero attached hydrogens (tertiary/aromatic N) is 4. The first-order valence-corrected chi connectivity index (χ1v) is 10.6. The number of rotatable bonds is 4. The maximum absolute atomic E-state index is 13.0. The van der Waals surface area contributed by atoms with Crippen molar-refractivity contribution >= 4 is 16.9 Å². The van der Waals surface area contributed by atoms with E-state index in [-0.39, 0.29) is 6.04 Å². The lowest BCUT2D eigenvalue weighted by Gasteiger charge is -2.35. The van der Waals surface area contributed by atoms with Crippen LogP contribution in [0, 0.1) is 6.92 Å². The minimum Gasteiger partial charge on any atom is -0.337 e. The number of nitrogens with one attached hydrogen (secondary N) is 1. The zero-order chi connectivity index (χ0) is 19.8. The summed E-state index contributed by atoms with van der Waals surface area (Å²) in [4.78, 5) is 17.4. The third-order valence-corrected chi connectivity index (χ3v) is 6.55. The SMILES string of the molecule is Cc1ccc(CN2CC[C@@H](N3CCC(c4ccc5n[nH]nc5c4)CC3)C2=O)cc1. The van der Waals surface area contributed by atoms with E-state index in [1.165, 1.54) is 16.7 Å². The normalized spacial score (nSPS) is 21.3. The summed E-state index contributed by atoms with van der Waals surface area (Å²) in [5.74, 6) is 0.834. The van der Waals surface area contributed by atoms with Crippen LogP contribution in [0.25, 0.3) is 11.0 Å². The molecule has 0 unspecified atom stereocenters. The minimum absolute atomic E-state index is 0.0550. The molecule has 2 aromatic carbocycles. The molecule has 2 aliphatic rings. The van der Waals surface area contributed by atoms with Gasteiger partial charge in [0.25, 0.3) is 0 Å². The van der Waals surface area contributed by atoms with Crippen molar-refractivity contribution in [3.05, 3.63) is 59.2 Å². The number of benzene rings is 2. The van der Waals surface area contributed by atoms with Gasteiger partial charge in [-0.25, -0.2) is 0 Å². The van der Waals surface area contributed by atoms with Crippen LogP contribution in [0.1, 0.15) is 41.9 Å². The van der Waals surface area contributed by atoms with Gasteiger partial charge in [-0.15, -0.1) is 0 Å². The largest absolute Gasteiger partial charge is 0.337 e. The Bertz CT molecular complexity index is 1000. The van der Waals surface area contributed by atoms with Crippen LogP contribution in [0.15, 0.2) is 42.5 Å². The molecule has 0 spiro atoms. The molecule has 6 nitrogen and oxygen atoms in total. The molecular formula is C23H27N5O. The van der Waals surface area contributed by atoms with E-state index in [9.17, 15) is 4.79 Å². The fraction of sp³-hybridized carbons (Fsp3) is 0.435. The Morgan fingerprint density at radius 2 is 1.72 bits per heavy atom. The van der Waals surface area contributed by atoms with Gasteiger partial charge in [0.1, 0.15) is 11.0 Å². The molecule has 2 fully saturated rings. The maximum Gasteiger partial charge on any atom is 0.240 e. The van der Waals surface area contributed by atoms with Crippen LogP contribution in [0.2, 0.25) is 0 Å². The van der Waals surface area contributed by atoms with E-state index in [0.717, 1.165) is 56.5 Å². The van der Waals surface area contributed by atoms with Gasteiger partial charge in [-0.05, 0) is 68.5 Å². The number of aromatic amines is 1. The van der Waals surface area contributed by atoms with Gasteiger partial charge >= 0.3 is 0 Å². The fourth-order valence-corrected chi connectivity index (χ4v) is 4.79. The van der Waals surface area contributed by atoms with Crippen molar-refractivity contribution in [2.45, 2.75) is 44.7 Å². The van der Waals surface area contributed by atoms with Crippen LogP contribution < -0.4 is 0 Å². The van der Waals surface area contributed by atoms with Gasteiger partial charge in [0.2, 0.25) is 5.91 Å². The monoisotopic (exact) mass is 389 g/mol. The molecule has 150 valence electrons. The van der Waals surface area contributed by atoms with Crippen molar-refractivity contribution in [1.82, 2.24) is 25.2 Å². The summed E-state index contributed by atoms with van der Waals surface area (Å²) in [5, 5.41) is 11.0. The number of aromatic nitrogens is 3. The summed E-state index contributed by atoms with van der Waals surface area (Å²) in [6.45, 7) is 5.64. The second kappa shape index (κ2) is 7.59. The lowest BCUT2D eigenvalue weighted by molar-refractivity contribution is -0.133. The number of H-pyrrole nitrogens is 1. The number of piperidine rings is 1. The number of fused-ring (bicyclic) bond motifs is 1. The zero-order valence-corrected chi connectivity index (χ0v) is 16.8. The highest BCUT2D eigenvalue weighted by atomic mass is 16.2. The Morgan fingerprint density at radius 1 is 0.966 bits per heavy atom. The Hall–Kier alpha value is -2.73. The topological polar surface area (TPSA) is 65.1 Å². The quantitative estimate of drug-likeness (QED) is 0.744. The average molecular weight is 390 g/mol. The van der Waals surface area contributed by atoms with Crippen molar-refractivity contribution in [3.63, 3.8) is 0 Å². The number of hydrogen-bond acceptors (Lipinski definition) is 4. The van der Waals surface area contributed by atoms with Gasteiger partial charge in [0, 0.05) is 13.1 Å². The summed E-state index contributed by atoms with van der Waals surface area (Å²) in [7, 11) is 0. The van der Waals surface area contributed by atoms with Crippen LogP contribution in [-0.2, 0) is 11.3 Å². The van der Waals surface area contributed by atoms with E-state index in [1.807, 2.05) is 11.0 Å². The van der Waals surface area contributed by atoms with E-state index in [0.29, 0.717) is 11.8 Å². The number of amides is 1. The lowest BCUT2D eigenvalue weighted by atomic mass is 9.88. The van der Waals surface area contributed by atoms with Gasteiger partial charge in [-0.3, -0.25) is 9.69 Å². The Labute approximate surface area is 170 Å².